The predicted octanol–water partition coefficient (Wildman–Crippen LogP) is 3.02. The molecule has 1 unspecified atom stereocenters. The molecule has 1 aromatic carbocycles. The summed E-state index contributed by atoms with van der Waals surface area (Å²) in [6.07, 6.45) is 8.37. The summed E-state index contributed by atoms with van der Waals surface area (Å²) >= 11 is 0. The molecule has 4 rings (SSSR count). The van der Waals surface area contributed by atoms with Gasteiger partial charge in [0.15, 0.2) is 0 Å². The van der Waals surface area contributed by atoms with E-state index >= 15 is 0 Å². The Morgan fingerprint density at radius 2 is 1.85 bits per heavy atom. The Kier molecular flexibility index (Phi) is 8.17. The lowest BCUT2D eigenvalue weighted by molar-refractivity contribution is -0.0361. The minimum absolute atomic E-state index is 0.0533. The fourth-order valence-corrected chi connectivity index (χ4v) is 7.66. The van der Waals surface area contributed by atoms with Crippen LogP contribution in [-0.2, 0) is 14.8 Å². The Morgan fingerprint density at radius 3 is 2.53 bits per heavy atom. The first-order valence-corrected chi connectivity index (χ1v) is 14.1. The highest BCUT2D eigenvalue weighted by molar-refractivity contribution is 7.89. The number of nitrogens with one attached hydrogen (secondary N) is 1. The fraction of sp³-hybridized carbons (Fsp3) is 0.720. The maximum Gasteiger partial charge on any atom is 0.251 e. The number of carbonyl (C=O) groups excluding carboxylic acids is 1. The normalized spacial score (nSPS) is 24.5. The molecule has 1 N–H and O–H groups in total. The first-order chi connectivity index (χ1) is 16.4. The molecule has 0 spiro atoms. The van der Waals surface area contributed by atoms with Crippen LogP contribution in [0.4, 0.5) is 0 Å². The zero-order valence-electron chi connectivity index (χ0n) is 20.6. The van der Waals surface area contributed by atoms with E-state index in [0.717, 1.165) is 71.2 Å². The van der Waals surface area contributed by atoms with Crippen molar-refractivity contribution in [3.05, 3.63) is 23.8 Å². The zero-order valence-corrected chi connectivity index (χ0v) is 21.4. The molecule has 190 valence electrons. The van der Waals surface area contributed by atoms with E-state index in [-0.39, 0.29) is 28.1 Å². The van der Waals surface area contributed by atoms with Gasteiger partial charge in [-0.1, -0.05) is 25.7 Å². The number of hydrogen-bond donors (Lipinski definition) is 1. The molecule has 1 aliphatic carbocycles. The van der Waals surface area contributed by atoms with Crippen molar-refractivity contribution in [3.8, 4) is 5.75 Å². The standard InChI is InChI=1S/C25H39N3O5S/c1-20-8-4-7-13-28(20)34(30,31)23-18-21(9-10-22(23)32-2)24(29)26-19-25(11-5-3-6-12-25)27-14-16-33-17-15-27/h9-10,18,20H,3-8,11-17,19H2,1-2H3,(H,26,29). The summed E-state index contributed by atoms with van der Waals surface area (Å²) in [6, 6.07) is 4.65. The molecule has 2 aliphatic heterocycles. The van der Waals surface area contributed by atoms with Gasteiger partial charge in [0, 0.05) is 43.3 Å². The summed E-state index contributed by atoms with van der Waals surface area (Å²) in [7, 11) is -2.31. The van der Waals surface area contributed by atoms with Crippen LogP contribution >= 0.6 is 0 Å². The summed E-state index contributed by atoms with van der Waals surface area (Å²) in [6.45, 7) is 6.21. The van der Waals surface area contributed by atoms with E-state index in [4.69, 9.17) is 9.47 Å². The highest BCUT2D eigenvalue weighted by Gasteiger charge is 2.39. The van der Waals surface area contributed by atoms with Gasteiger partial charge in [0.05, 0.1) is 20.3 Å². The molecule has 1 aromatic rings. The van der Waals surface area contributed by atoms with Crippen molar-refractivity contribution >= 4 is 15.9 Å². The van der Waals surface area contributed by atoms with Crippen molar-refractivity contribution in [2.75, 3.05) is 46.5 Å². The topological polar surface area (TPSA) is 88.2 Å². The van der Waals surface area contributed by atoms with E-state index in [1.165, 1.54) is 19.6 Å². The molecule has 1 amide bonds. The third-order valence-corrected chi connectivity index (χ3v) is 9.83. The van der Waals surface area contributed by atoms with Crippen molar-refractivity contribution in [1.29, 1.82) is 0 Å². The van der Waals surface area contributed by atoms with Gasteiger partial charge in [0.2, 0.25) is 10.0 Å². The maximum atomic E-state index is 13.5. The first-order valence-electron chi connectivity index (χ1n) is 12.7. The van der Waals surface area contributed by atoms with Gasteiger partial charge in [-0.3, -0.25) is 9.69 Å². The Hall–Kier alpha value is -1.68. The predicted molar refractivity (Wildman–Crippen MR) is 131 cm³/mol. The van der Waals surface area contributed by atoms with Gasteiger partial charge in [-0.15, -0.1) is 0 Å². The molecule has 0 bridgehead atoms. The van der Waals surface area contributed by atoms with Crippen LogP contribution in [-0.4, -0.2) is 81.6 Å². The number of ether oxygens (including phenoxy) is 2. The molecule has 34 heavy (non-hydrogen) atoms. The second kappa shape index (κ2) is 10.9. The molecule has 1 atom stereocenters. The van der Waals surface area contributed by atoms with E-state index in [2.05, 4.69) is 10.2 Å². The molecule has 9 heteroatoms. The van der Waals surface area contributed by atoms with Gasteiger partial charge in [-0.25, -0.2) is 8.42 Å². The monoisotopic (exact) mass is 493 g/mol. The largest absolute Gasteiger partial charge is 0.495 e. The molecule has 1 saturated carbocycles. The van der Waals surface area contributed by atoms with Crippen molar-refractivity contribution < 1.29 is 22.7 Å². The first kappa shape index (κ1) is 25.4. The molecular formula is C25H39N3O5S. The van der Waals surface area contributed by atoms with E-state index in [0.29, 0.717) is 18.7 Å². The number of morpholine rings is 1. The number of methoxy groups -OCH3 is 1. The highest BCUT2D eigenvalue weighted by Crippen LogP contribution is 2.35. The molecular weight excluding hydrogens is 454 g/mol. The fourth-order valence-electron chi connectivity index (χ4n) is 5.77. The average Bonchev–Trinajstić information content (AvgIpc) is 2.88. The molecule has 0 aromatic heterocycles. The van der Waals surface area contributed by atoms with E-state index in [9.17, 15) is 13.2 Å². The Morgan fingerprint density at radius 1 is 1.12 bits per heavy atom. The second-order valence-electron chi connectivity index (χ2n) is 9.89. The number of amides is 1. The second-order valence-corrected chi connectivity index (χ2v) is 11.8. The number of carbonyl (C=O) groups is 1. The van der Waals surface area contributed by atoms with Crippen molar-refractivity contribution in [1.82, 2.24) is 14.5 Å². The number of piperidine rings is 1. The summed E-state index contributed by atoms with van der Waals surface area (Å²) in [5, 5.41) is 3.14. The van der Waals surface area contributed by atoms with Crippen molar-refractivity contribution in [3.63, 3.8) is 0 Å². The van der Waals surface area contributed by atoms with Crippen LogP contribution < -0.4 is 10.1 Å². The van der Waals surface area contributed by atoms with Crippen LogP contribution in [0.2, 0.25) is 0 Å². The molecule has 0 radical (unpaired) electrons. The quantitative estimate of drug-likeness (QED) is 0.628. The molecule has 3 aliphatic rings. The van der Waals surface area contributed by atoms with Crippen LogP contribution in [0.5, 0.6) is 5.75 Å². The molecule has 8 nitrogen and oxygen atoms in total. The van der Waals surface area contributed by atoms with Gasteiger partial charge in [0.25, 0.3) is 5.91 Å². The van der Waals surface area contributed by atoms with Crippen LogP contribution in [0, 0.1) is 0 Å². The van der Waals surface area contributed by atoms with Gasteiger partial charge in [-0.2, -0.15) is 4.31 Å². The van der Waals surface area contributed by atoms with Gasteiger partial charge >= 0.3 is 0 Å². The third kappa shape index (κ3) is 5.27. The van der Waals surface area contributed by atoms with Crippen LogP contribution in [0.25, 0.3) is 0 Å². The lowest BCUT2D eigenvalue weighted by Gasteiger charge is -2.48. The Balaban J connectivity index is 1.54. The average molecular weight is 494 g/mol. The van der Waals surface area contributed by atoms with Crippen LogP contribution in [0.15, 0.2) is 23.1 Å². The lowest BCUT2D eigenvalue weighted by atomic mass is 9.79. The van der Waals surface area contributed by atoms with E-state index < -0.39 is 10.0 Å². The van der Waals surface area contributed by atoms with Crippen molar-refractivity contribution in [2.45, 2.75) is 74.8 Å². The SMILES string of the molecule is COc1ccc(C(=O)NCC2(N3CCOCC3)CCCCC2)cc1S(=O)(=O)N1CCCCC1C. The van der Waals surface area contributed by atoms with Gasteiger partial charge in [0.1, 0.15) is 10.6 Å². The summed E-state index contributed by atoms with van der Waals surface area (Å²) in [5.41, 5.74) is 0.291. The number of sulfonamides is 1. The van der Waals surface area contributed by atoms with Crippen LogP contribution in [0.3, 0.4) is 0 Å². The zero-order chi connectivity index (χ0) is 24.2. The van der Waals surface area contributed by atoms with Gasteiger partial charge in [-0.05, 0) is 50.8 Å². The van der Waals surface area contributed by atoms with E-state index in [1.807, 2.05) is 6.92 Å². The van der Waals surface area contributed by atoms with Gasteiger partial charge < -0.3 is 14.8 Å². The Labute approximate surface area is 204 Å². The number of rotatable bonds is 7. The maximum absolute atomic E-state index is 13.5. The van der Waals surface area contributed by atoms with E-state index in [1.54, 1.807) is 16.4 Å². The number of nitrogens with zero attached hydrogens (tertiary/aromatic N) is 2. The summed E-state index contributed by atoms with van der Waals surface area (Å²) in [5.74, 6) is 0.0235. The number of hydrogen-bond acceptors (Lipinski definition) is 6. The smallest absolute Gasteiger partial charge is 0.251 e. The molecule has 2 heterocycles. The minimum Gasteiger partial charge on any atom is -0.495 e. The number of benzene rings is 1. The van der Waals surface area contributed by atoms with Crippen molar-refractivity contribution in [2.24, 2.45) is 0 Å². The Bertz CT molecular complexity index is 955. The summed E-state index contributed by atoms with van der Waals surface area (Å²) in [4.78, 5) is 15.8. The minimum atomic E-state index is -3.77. The highest BCUT2D eigenvalue weighted by atomic mass is 32.2. The molecule has 3 fully saturated rings. The van der Waals surface area contributed by atoms with Crippen LogP contribution in [0.1, 0.15) is 68.6 Å². The lowest BCUT2D eigenvalue weighted by Crippen LogP contribution is -2.59. The molecule has 2 saturated heterocycles. The summed E-state index contributed by atoms with van der Waals surface area (Å²) < 4.78 is 39.5. The third-order valence-electron chi connectivity index (χ3n) is 7.80.